The average Bonchev–Trinajstić information content (AvgIpc) is 2.82. The summed E-state index contributed by atoms with van der Waals surface area (Å²) in [7, 11) is 0. The number of likely N-dealkylation sites (tertiary alicyclic amines) is 1. The summed E-state index contributed by atoms with van der Waals surface area (Å²) >= 11 is 0. The van der Waals surface area contributed by atoms with Crippen molar-refractivity contribution in [3.63, 3.8) is 0 Å². The molecule has 4 heteroatoms. The maximum Gasteiger partial charge on any atom is 0.203 e. The van der Waals surface area contributed by atoms with Crippen LogP contribution in [0.3, 0.4) is 0 Å². The number of aryl methyl sites for hydroxylation is 2. The van der Waals surface area contributed by atoms with Crippen molar-refractivity contribution in [2.45, 2.75) is 32.1 Å². The van der Waals surface area contributed by atoms with Gasteiger partial charge in [-0.3, -0.25) is 0 Å². The van der Waals surface area contributed by atoms with Crippen molar-refractivity contribution in [3.8, 4) is 6.07 Å². The third-order valence-electron chi connectivity index (χ3n) is 6.03. The Balaban J connectivity index is 1.59. The standard InChI is InChI=1S/C27H28N4/c1-21-8-12-24(13-9-21)29-26(30-25-14-10-22(2)11-15-25)31-18-16-27(20-28,17-19-31)23-6-4-3-5-7-23/h3-15H,16-19H2,1-2H3,(H,29,30). The number of anilines is 1. The van der Waals surface area contributed by atoms with Crippen molar-refractivity contribution in [2.24, 2.45) is 4.99 Å². The first-order valence-corrected chi connectivity index (χ1v) is 10.8. The number of nitrogens with one attached hydrogen (secondary N) is 1. The van der Waals surface area contributed by atoms with E-state index in [1.807, 2.05) is 30.3 Å². The first kappa shape index (κ1) is 20.7. The molecule has 4 nitrogen and oxygen atoms in total. The molecule has 4 rings (SSSR count). The number of piperidine rings is 1. The van der Waals surface area contributed by atoms with Crippen molar-refractivity contribution in [1.29, 1.82) is 5.26 Å². The molecule has 1 aliphatic heterocycles. The minimum absolute atomic E-state index is 0.434. The summed E-state index contributed by atoms with van der Waals surface area (Å²) in [6.07, 6.45) is 1.55. The second-order valence-corrected chi connectivity index (χ2v) is 8.31. The first-order valence-electron chi connectivity index (χ1n) is 10.8. The second-order valence-electron chi connectivity index (χ2n) is 8.31. The van der Waals surface area contributed by atoms with E-state index >= 15 is 0 Å². The van der Waals surface area contributed by atoms with Crippen molar-refractivity contribution in [1.82, 2.24) is 4.90 Å². The van der Waals surface area contributed by atoms with Gasteiger partial charge in [0.05, 0.1) is 17.2 Å². The summed E-state index contributed by atoms with van der Waals surface area (Å²) in [5.41, 5.74) is 5.04. The Kier molecular flexibility index (Phi) is 6.04. The minimum Gasteiger partial charge on any atom is -0.342 e. The van der Waals surface area contributed by atoms with Crippen LogP contribution in [0.15, 0.2) is 83.9 Å². The van der Waals surface area contributed by atoms with Crippen LogP contribution in [0.4, 0.5) is 11.4 Å². The lowest BCUT2D eigenvalue weighted by Crippen LogP contribution is -2.46. The molecule has 1 fully saturated rings. The summed E-state index contributed by atoms with van der Waals surface area (Å²) < 4.78 is 0. The molecule has 0 aliphatic carbocycles. The molecule has 31 heavy (non-hydrogen) atoms. The number of hydrogen-bond acceptors (Lipinski definition) is 2. The maximum absolute atomic E-state index is 10.0. The van der Waals surface area contributed by atoms with E-state index in [2.05, 4.69) is 78.7 Å². The molecule has 0 amide bonds. The number of nitrogens with zero attached hydrogens (tertiary/aromatic N) is 3. The van der Waals surface area contributed by atoms with E-state index in [0.29, 0.717) is 0 Å². The van der Waals surface area contributed by atoms with Crippen molar-refractivity contribution in [3.05, 3.63) is 95.6 Å². The lowest BCUT2D eigenvalue weighted by atomic mass is 9.74. The normalized spacial score (nSPS) is 15.9. The summed E-state index contributed by atoms with van der Waals surface area (Å²) in [6, 6.07) is 29.4. The van der Waals surface area contributed by atoms with E-state index < -0.39 is 5.41 Å². The van der Waals surface area contributed by atoms with Crippen molar-refractivity contribution < 1.29 is 0 Å². The molecule has 1 heterocycles. The first-order chi connectivity index (χ1) is 15.1. The van der Waals surface area contributed by atoms with Crippen LogP contribution in [0.25, 0.3) is 0 Å². The van der Waals surface area contributed by atoms with Gasteiger partial charge in [-0.05, 0) is 56.5 Å². The number of aliphatic imine (C=N–C) groups is 1. The van der Waals surface area contributed by atoms with Gasteiger partial charge in [0.2, 0.25) is 5.96 Å². The molecule has 0 bridgehead atoms. The van der Waals surface area contributed by atoms with Gasteiger partial charge in [0, 0.05) is 18.8 Å². The molecule has 0 atom stereocenters. The predicted molar refractivity (Wildman–Crippen MR) is 128 cm³/mol. The zero-order valence-electron chi connectivity index (χ0n) is 18.2. The highest BCUT2D eigenvalue weighted by molar-refractivity contribution is 5.95. The molecule has 156 valence electrons. The predicted octanol–water partition coefficient (Wildman–Crippen LogP) is 5.96. The number of rotatable bonds is 3. The zero-order chi connectivity index (χ0) is 21.7. The van der Waals surface area contributed by atoms with Crippen LogP contribution in [0.5, 0.6) is 0 Å². The lowest BCUT2D eigenvalue weighted by molar-refractivity contribution is 0.269. The van der Waals surface area contributed by atoms with Gasteiger partial charge < -0.3 is 10.2 Å². The molecule has 3 aromatic carbocycles. The second kappa shape index (κ2) is 9.06. The quantitative estimate of drug-likeness (QED) is 0.430. The average molecular weight is 409 g/mol. The molecule has 0 unspecified atom stereocenters. The molecular formula is C27H28N4. The van der Waals surface area contributed by atoms with Crippen LogP contribution in [0.1, 0.15) is 29.5 Å². The Morgan fingerprint density at radius 1 is 0.871 bits per heavy atom. The molecule has 1 N–H and O–H groups in total. The Bertz CT molecular complexity index is 1070. The van der Waals surface area contributed by atoms with Crippen LogP contribution in [0, 0.1) is 25.2 Å². The van der Waals surface area contributed by atoms with E-state index in [0.717, 1.165) is 48.8 Å². The molecule has 1 saturated heterocycles. The SMILES string of the molecule is Cc1ccc(N=C(Nc2ccc(C)cc2)N2CCC(C#N)(c3ccccc3)CC2)cc1. The van der Waals surface area contributed by atoms with Gasteiger partial charge in [0.15, 0.2) is 0 Å². The van der Waals surface area contributed by atoms with Gasteiger partial charge >= 0.3 is 0 Å². The van der Waals surface area contributed by atoms with Crippen LogP contribution in [-0.4, -0.2) is 23.9 Å². The van der Waals surface area contributed by atoms with Crippen LogP contribution in [-0.2, 0) is 5.41 Å². The van der Waals surface area contributed by atoms with Gasteiger partial charge in [-0.1, -0.05) is 65.7 Å². The lowest BCUT2D eigenvalue weighted by Gasteiger charge is -2.39. The van der Waals surface area contributed by atoms with E-state index in [1.54, 1.807) is 0 Å². The summed E-state index contributed by atoms with van der Waals surface area (Å²) in [6.45, 7) is 5.70. The van der Waals surface area contributed by atoms with Crippen molar-refractivity contribution >= 4 is 17.3 Å². The summed E-state index contributed by atoms with van der Waals surface area (Å²) in [5.74, 6) is 0.826. The maximum atomic E-state index is 10.0. The molecule has 0 spiro atoms. The number of guanidine groups is 1. The fourth-order valence-electron chi connectivity index (χ4n) is 4.01. The fraction of sp³-hybridized carbons (Fsp3) is 0.259. The zero-order valence-corrected chi connectivity index (χ0v) is 18.2. The minimum atomic E-state index is -0.434. The van der Waals surface area contributed by atoms with Gasteiger partial charge in [0.25, 0.3) is 0 Å². The fourth-order valence-corrected chi connectivity index (χ4v) is 4.01. The Labute approximate surface area is 184 Å². The van der Waals surface area contributed by atoms with Gasteiger partial charge in [-0.15, -0.1) is 0 Å². The van der Waals surface area contributed by atoms with Crippen molar-refractivity contribution in [2.75, 3.05) is 18.4 Å². The molecule has 0 radical (unpaired) electrons. The van der Waals surface area contributed by atoms with Gasteiger partial charge in [-0.25, -0.2) is 4.99 Å². The summed E-state index contributed by atoms with van der Waals surface area (Å²) in [4.78, 5) is 7.20. The molecule has 1 aliphatic rings. The van der Waals surface area contributed by atoms with E-state index in [1.165, 1.54) is 11.1 Å². The molecule has 0 aromatic heterocycles. The highest BCUT2D eigenvalue weighted by Crippen LogP contribution is 2.35. The topological polar surface area (TPSA) is 51.4 Å². The Hall–Kier alpha value is -3.58. The van der Waals surface area contributed by atoms with Crippen LogP contribution < -0.4 is 5.32 Å². The third-order valence-corrected chi connectivity index (χ3v) is 6.03. The number of nitriles is 1. The van der Waals surface area contributed by atoms with Crippen LogP contribution >= 0.6 is 0 Å². The third kappa shape index (κ3) is 4.78. The molecule has 0 saturated carbocycles. The van der Waals surface area contributed by atoms with E-state index in [-0.39, 0.29) is 0 Å². The van der Waals surface area contributed by atoms with E-state index in [4.69, 9.17) is 4.99 Å². The Morgan fingerprint density at radius 3 is 2.03 bits per heavy atom. The number of hydrogen-bond donors (Lipinski definition) is 1. The highest BCUT2D eigenvalue weighted by Gasteiger charge is 2.37. The summed E-state index contributed by atoms with van der Waals surface area (Å²) in [5, 5.41) is 13.5. The van der Waals surface area contributed by atoms with Gasteiger partial charge in [0.1, 0.15) is 0 Å². The largest absolute Gasteiger partial charge is 0.342 e. The Morgan fingerprint density at radius 2 is 1.45 bits per heavy atom. The monoisotopic (exact) mass is 408 g/mol. The van der Waals surface area contributed by atoms with Crippen LogP contribution in [0.2, 0.25) is 0 Å². The molecular weight excluding hydrogens is 380 g/mol. The smallest absolute Gasteiger partial charge is 0.203 e. The number of benzene rings is 3. The molecule has 3 aromatic rings. The van der Waals surface area contributed by atoms with E-state index in [9.17, 15) is 5.26 Å². The highest BCUT2D eigenvalue weighted by atomic mass is 15.3. The van der Waals surface area contributed by atoms with Gasteiger partial charge in [-0.2, -0.15) is 5.26 Å².